The predicted molar refractivity (Wildman–Crippen MR) is 68.7 cm³/mol. The Balaban J connectivity index is 1.90. The van der Waals surface area contributed by atoms with Crippen molar-refractivity contribution in [2.45, 2.75) is 19.4 Å². The van der Waals surface area contributed by atoms with Gasteiger partial charge in [-0.2, -0.15) is 4.98 Å². The summed E-state index contributed by atoms with van der Waals surface area (Å²) in [4.78, 5) is 6.84. The second-order valence-corrected chi connectivity index (χ2v) is 5.46. The van der Waals surface area contributed by atoms with Gasteiger partial charge in [0.1, 0.15) is 0 Å². The summed E-state index contributed by atoms with van der Waals surface area (Å²) >= 11 is 1.71. The van der Waals surface area contributed by atoms with E-state index in [0.29, 0.717) is 11.9 Å². The number of furan rings is 1. The minimum atomic E-state index is 0.398. The van der Waals surface area contributed by atoms with E-state index in [1.807, 2.05) is 16.6 Å². The molecule has 4 heterocycles. The Labute approximate surface area is 107 Å². The average molecular weight is 260 g/mol. The molecule has 1 atom stereocenters. The lowest BCUT2D eigenvalue weighted by molar-refractivity contribution is 0.536. The Hall–Kier alpha value is -1.66. The van der Waals surface area contributed by atoms with Crippen molar-refractivity contribution in [3.05, 3.63) is 29.0 Å². The van der Waals surface area contributed by atoms with E-state index in [0.717, 1.165) is 23.7 Å². The van der Waals surface area contributed by atoms with E-state index in [2.05, 4.69) is 22.3 Å². The third-order valence-electron chi connectivity index (χ3n) is 3.27. The van der Waals surface area contributed by atoms with E-state index < -0.39 is 0 Å². The first-order chi connectivity index (χ1) is 8.83. The van der Waals surface area contributed by atoms with Crippen molar-refractivity contribution >= 4 is 16.3 Å². The molecule has 6 heteroatoms. The van der Waals surface area contributed by atoms with Crippen molar-refractivity contribution in [2.75, 3.05) is 6.54 Å². The van der Waals surface area contributed by atoms with Gasteiger partial charge in [0.25, 0.3) is 0 Å². The van der Waals surface area contributed by atoms with E-state index in [4.69, 9.17) is 4.42 Å². The van der Waals surface area contributed by atoms with Crippen molar-refractivity contribution in [2.24, 2.45) is 0 Å². The van der Waals surface area contributed by atoms with Gasteiger partial charge in [-0.3, -0.25) is 0 Å². The maximum atomic E-state index is 5.34. The van der Waals surface area contributed by atoms with Crippen molar-refractivity contribution in [3.8, 4) is 11.6 Å². The molecular formula is C12H12N4OS. The number of hydrogen-bond acceptors (Lipinski definition) is 5. The largest absolute Gasteiger partial charge is 0.461 e. The molecule has 0 saturated carbocycles. The zero-order valence-electron chi connectivity index (χ0n) is 9.88. The molecule has 0 aromatic carbocycles. The van der Waals surface area contributed by atoms with Crippen LogP contribution in [0.25, 0.3) is 16.5 Å². The third kappa shape index (κ3) is 1.36. The maximum Gasteiger partial charge on any atom is 0.218 e. The van der Waals surface area contributed by atoms with Crippen LogP contribution in [0.3, 0.4) is 0 Å². The first kappa shape index (κ1) is 10.3. The van der Waals surface area contributed by atoms with E-state index >= 15 is 0 Å². The van der Waals surface area contributed by atoms with Crippen LogP contribution in [0.5, 0.6) is 0 Å². The van der Waals surface area contributed by atoms with E-state index in [1.54, 1.807) is 17.6 Å². The van der Waals surface area contributed by atoms with E-state index in [-0.39, 0.29) is 0 Å². The summed E-state index contributed by atoms with van der Waals surface area (Å²) in [5, 5.41) is 8.01. The van der Waals surface area contributed by atoms with Crippen LogP contribution < -0.4 is 5.32 Å². The molecule has 0 saturated heterocycles. The summed E-state index contributed by atoms with van der Waals surface area (Å²) in [6, 6.07) is 4.14. The van der Waals surface area contributed by atoms with Crippen molar-refractivity contribution < 1.29 is 4.42 Å². The molecule has 1 unspecified atom stereocenters. The van der Waals surface area contributed by atoms with Crippen LogP contribution in [-0.2, 0) is 6.42 Å². The van der Waals surface area contributed by atoms with Crippen LogP contribution in [0.2, 0.25) is 0 Å². The Morgan fingerprint density at radius 3 is 3.33 bits per heavy atom. The molecular weight excluding hydrogens is 248 g/mol. The third-order valence-corrected chi connectivity index (χ3v) is 4.52. The molecule has 0 fully saturated rings. The number of nitrogens with one attached hydrogen (secondary N) is 1. The number of aromatic nitrogens is 3. The van der Waals surface area contributed by atoms with Crippen LogP contribution in [-0.4, -0.2) is 21.1 Å². The molecule has 1 aliphatic heterocycles. The number of hydrogen-bond donors (Lipinski definition) is 1. The molecule has 92 valence electrons. The average Bonchev–Trinajstić information content (AvgIpc) is 3.03. The topological polar surface area (TPSA) is 55.4 Å². The lowest BCUT2D eigenvalue weighted by atomic mass is 10.1. The number of thiazole rings is 1. The first-order valence-electron chi connectivity index (χ1n) is 5.98. The standard InChI is InChI=1S/C12H12N4OS/c1-7-10-8(4-5-13-7)16-12(18-10)14-11(15-16)9-3-2-6-17-9/h2-3,6-7,13H,4-5H2,1H3. The second-order valence-electron chi connectivity index (χ2n) is 4.45. The first-order valence-corrected chi connectivity index (χ1v) is 6.80. The van der Waals surface area contributed by atoms with Gasteiger partial charge in [0.2, 0.25) is 10.8 Å². The number of fused-ring (bicyclic) bond motifs is 3. The van der Waals surface area contributed by atoms with Gasteiger partial charge < -0.3 is 9.73 Å². The van der Waals surface area contributed by atoms with Gasteiger partial charge in [-0.05, 0) is 19.1 Å². The fraction of sp³-hybridized carbons (Fsp3) is 0.333. The molecule has 0 spiro atoms. The zero-order chi connectivity index (χ0) is 12.1. The monoisotopic (exact) mass is 260 g/mol. The summed E-state index contributed by atoms with van der Waals surface area (Å²) in [7, 11) is 0. The molecule has 5 nitrogen and oxygen atoms in total. The van der Waals surface area contributed by atoms with Gasteiger partial charge in [-0.1, -0.05) is 11.3 Å². The highest BCUT2D eigenvalue weighted by molar-refractivity contribution is 7.17. The highest BCUT2D eigenvalue weighted by Crippen LogP contribution is 2.31. The van der Waals surface area contributed by atoms with Gasteiger partial charge in [0.15, 0.2) is 5.76 Å². The quantitative estimate of drug-likeness (QED) is 0.729. The molecule has 1 N–H and O–H groups in total. The molecule has 1 aliphatic rings. The second kappa shape index (κ2) is 3.66. The number of nitrogens with zero attached hydrogens (tertiary/aromatic N) is 3. The smallest absolute Gasteiger partial charge is 0.218 e. The molecule has 0 bridgehead atoms. The molecule has 0 aliphatic carbocycles. The molecule has 18 heavy (non-hydrogen) atoms. The lowest BCUT2D eigenvalue weighted by Crippen LogP contribution is -2.27. The van der Waals surface area contributed by atoms with Gasteiger partial charge >= 0.3 is 0 Å². The minimum Gasteiger partial charge on any atom is -0.461 e. The van der Waals surface area contributed by atoms with Gasteiger partial charge in [-0.25, -0.2) is 4.52 Å². The summed E-state index contributed by atoms with van der Waals surface area (Å²) in [6.45, 7) is 3.18. The van der Waals surface area contributed by atoms with Crippen LogP contribution in [0.1, 0.15) is 23.5 Å². The van der Waals surface area contributed by atoms with Crippen LogP contribution >= 0.6 is 11.3 Å². The maximum absolute atomic E-state index is 5.34. The molecule has 0 radical (unpaired) electrons. The summed E-state index contributed by atoms with van der Waals surface area (Å²) in [5.41, 5.74) is 1.28. The summed E-state index contributed by atoms with van der Waals surface area (Å²) in [5.74, 6) is 1.39. The Bertz CT molecular complexity index is 697. The van der Waals surface area contributed by atoms with Crippen molar-refractivity contribution in [1.82, 2.24) is 19.9 Å². The Morgan fingerprint density at radius 1 is 1.56 bits per heavy atom. The molecule has 3 aromatic rings. The lowest BCUT2D eigenvalue weighted by Gasteiger charge is -2.19. The van der Waals surface area contributed by atoms with Gasteiger partial charge in [-0.15, -0.1) is 5.10 Å². The number of rotatable bonds is 1. The SMILES string of the molecule is CC1NCCc2c1sc1nc(-c3ccco3)nn21. The van der Waals surface area contributed by atoms with E-state index in [1.165, 1.54) is 10.6 Å². The molecule has 4 rings (SSSR count). The molecule has 3 aromatic heterocycles. The van der Waals surface area contributed by atoms with Gasteiger partial charge in [0, 0.05) is 23.9 Å². The van der Waals surface area contributed by atoms with Crippen LogP contribution in [0.4, 0.5) is 0 Å². The predicted octanol–water partition coefficient (Wildman–Crippen LogP) is 2.26. The minimum absolute atomic E-state index is 0.398. The summed E-state index contributed by atoms with van der Waals surface area (Å²) in [6.07, 6.45) is 2.65. The zero-order valence-corrected chi connectivity index (χ0v) is 10.7. The van der Waals surface area contributed by atoms with Gasteiger partial charge in [0.05, 0.1) is 12.0 Å². The van der Waals surface area contributed by atoms with Crippen molar-refractivity contribution in [3.63, 3.8) is 0 Å². The van der Waals surface area contributed by atoms with Crippen LogP contribution in [0, 0.1) is 0 Å². The van der Waals surface area contributed by atoms with E-state index in [9.17, 15) is 0 Å². The highest BCUT2D eigenvalue weighted by atomic mass is 32.1. The fourth-order valence-electron chi connectivity index (χ4n) is 2.38. The normalized spacial score (nSPS) is 19.3. The summed E-state index contributed by atoms with van der Waals surface area (Å²) < 4.78 is 7.31. The molecule has 0 amide bonds. The fourth-order valence-corrected chi connectivity index (χ4v) is 3.51. The Kier molecular flexibility index (Phi) is 2.09. The highest BCUT2D eigenvalue weighted by Gasteiger charge is 2.24. The Morgan fingerprint density at radius 2 is 2.50 bits per heavy atom. The van der Waals surface area contributed by atoms with Crippen LogP contribution in [0.15, 0.2) is 22.8 Å². The van der Waals surface area contributed by atoms with Crippen molar-refractivity contribution in [1.29, 1.82) is 0 Å².